The van der Waals surface area contributed by atoms with E-state index in [-0.39, 0.29) is 0 Å². The molecule has 116 valence electrons. The SMILES string of the molecule is COc1ccc(C(N)=O)cc1NC1CC(C)CC(C)(C)C1. The Hall–Kier alpha value is -1.71. The fraction of sp³-hybridized carbons (Fsp3) is 0.588. The topological polar surface area (TPSA) is 64.3 Å². The van der Waals surface area contributed by atoms with Crippen molar-refractivity contribution in [2.75, 3.05) is 12.4 Å². The van der Waals surface area contributed by atoms with Gasteiger partial charge in [0.1, 0.15) is 5.75 Å². The predicted octanol–water partition coefficient (Wildman–Crippen LogP) is 3.42. The van der Waals surface area contributed by atoms with Gasteiger partial charge in [0, 0.05) is 11.6 Å². The van der Waals surface area contributed by atoms with Gasteiger partial charge in [-0.3, -0.25) is 4.79 Å². The fourth-order valence-corrected chi connectivity index (χ4v) is 3.65. The zero-order valence-electron chi connectivity index (χ0n) is 13.4. The van der Waals surface area contributed by atoms with Gasteiger partial charge in [0.05, 0.1) is 12.8 Å². The highest BCUT2D eigenvalue weighted by atomic mass is 16.5. The van der Waals surface area contributed by atoms with Crippen LogP contribution in [0.5, 0.6) is 5.75 Å². The van der Waals surface area contributed by atoms with E-state index in [4.69, 9.17) is 10.5 Å². The molecule has 21 heavy (non-hydrogen) atoms. The number of methoxy groups -OCH3 is 1. The number of ether oxygens (including phenoxy) is 1. The highest BCUT2D eigenvalue weighted by molar-refractivity contribution is 5.94. The Morgan fingerprint density at radius 3 is 2.67 bits per heavy atom. The third-order valence-electron chi connectivity index (χ3n) is 4.23. The van der Waals surface area contributed by atoms with E-state index < -0.39 is 5.91 Å². The molecule has 4 heteroatoms. The Labute approximate surface area is 127 Å². The number of anilines is 1. The predicted molar refractivity (Wildman–Crippen MR) is 85.7 cm³/mol. The van der Waals surface area contributed by atoms with Gasteiger partial charge in [0.15, 0.2) is 0 Å². The first kappa shape index (κ1) is 15.7. The number of carbonyl (C=O) groups is 1. The van der Waals surface area contributed by atoms with Crippen molar-refractivity contribution >= 4 is 11.6 Å². The summed E-state index contributed by atoms with van der Waals surface area (Å²) in [6.07, 6.45) is 3.50. The number of amides is 1. The van der Waals surface area contributed by atoms with Crippen LogP contribution in [0.3, 0.4) is 0 Å². The van der Waals surface area contributed by atoms with E-state index in [1.54, 1.807) is 25.3 Å². The van der Waals surface area contributed by atoms with E-state index >= 15 is 0 Å². The summed E-state index contributed by atoms with van der Waals surface area (Å²) in [7, 11) is 1.64. The smallest absolute Gasteiger partial charge is 0.248 e. The van der Waals surface area contributed by atoms with Crippen LogP contribution in [0.2, 0.25) is 0 Å². The minimum absolute atomic E-state index is 0.337. The van der Waals surface area contributed by atoms with E-state index in [2.05, 4.69) is 26.1 Å². The molecule has 0 heterocycles. The standard InChI is InChI=1S/C17H26N2O2/c1-11-7-13(10-17(2,3)9-11)19-14-8-12(16(18)20)5-6-15(14)21-4/h5-6,8,11,13,19H,7,9-10H2,1-4H3,(H2,18,20). The molecule has 1 aromatic rings. The number of rotatable bonds is 4. The van der Waals surface area contributed by atoms with Gasteiger partial charge in [-0.15, -0.1) is 0 Å². The average molecular weight is 290 g/mol. The zero-order valence-corrected chi connectivity index (χ0v) is 13.4. The summed E-state index contributed by atoms with van der Waals surface area (Å²) in [6.45, 7) is 6.93. The highest BCUT2D eigenvalue weighted by Crippen LogP contribution is 2.40. The van der Waals surface area contributed by atoms with Gasteiger partial charge < -0.3 is 15.8 Å². The van der Waals surface area contributed by atoms with Crippen LogP contribution in [-0.4, -0.2) is 19.1 Å². The second-order valence-corrected chi connectivity index (χ2v) is 7.03. The molecule has 0 bridgehead atoms. The molecule has 0 radical (unpaired) electrons. The average Bonchev–Trinajstić information content (AvgIpc) is 2.36. The highest BCUT2D eigenvalue weighted by Gasteiger charge is 2.32. The number of nitrogens with one attached hydrogen (secondary N) is 1. The van der Waals surface area contributed by atoms with Gasteiger partial charge >= 0.3 is 0 Å². The van der Waals surface area contributed by atoms with Crippen molar-refractivity contribution in [3.8, 4) is 5.75 Å². The lowest BCUT2D eigenvalue weighted by atomic mass is 9.70. The maximum atomic E-state index is 11.4. The first-order valence-corrected chi connectivity index (χ1v) is 7.55. The number of benzene rings is 1. The number of primary amides is 1. The molecule has 1 aromatic carbocycles. The molecule has 3 N–H and O–H groups in total. The summed E-state index contributed by atoms with van der Waals surface area (Å²) >= 11 is 0. The van der Waals surface area contributed by atoms with Crippen LogP contribution in [-0.2, 0) is 0 Å². The normalized spacial score (nSPS) is 24.4. The summed E-state index contributed by atoms with van der Waals surface area (Å²) < 4.78 is 5.39. The maximum Gasteiger partial charge on any atom is 0.248 e. The molecular weight excluding hydrogens is 264 g/mol. The molecule has 2 atom stereocenters. The summed E-state index contributed by atoms with van der Waals surface area (Å²) in [5, 5.41) is 3.55. The molecule has 1 amide bonds. The Kier molecular flexibility index (Phi) is 4.45. The van der Waals surface area contributed by atoms with Crippen LogP contribution in [0.25, 0.3) is 0 Å². The molecule has 1 saturated carbocycles. The van der Waals surface area contributed by atoms with Crippen LogP contribution in [0.15, 0.2) is 18.2 Å². The molecule has 1 aliphatic carbocycles. The molecule has 0 aliphatic heterocycles. The largest absolute Gasteiger partial charge is 0.495 e. The van der Waals surface area contributed by atoms with Crippen molar-refractivity contribution in [2.45, 2.75) is 46.1 Å². The van der Waals surface area contributed by atoms with Gasteiger partial charge in [-0.2, -0.15) is 0 Å². The summed E-state index contributed by atoms with van der Waals surface area (Å²) in [5.74, 6) is 1.02. The lowest BCUT2D eigenvalue weighted by Gasteiger charge is -2.39. The molecular formula is C17H26N2O2. The number of carbonyl (C=O) groups excluding carboxylic acids is 1. The van der Waals surface area contributed by atoms with Crippen molar-refractivity contribution in [2.24, 2.45) is 17.1 Å². The van der Waals surface area contributed by atoms with Gasteiger partial charge in [0.25, 0.3) is 0 Å². The minimum atomic E-state index is -0.418. The van der Waals surface area contributed by atoms with Crippen LogP contribution in [0.4, 0.5) is 5.69 Å². The maximum absolute atomic E-state index is 11.4. The second-order valence-electron chi connectivity index (χ2n) is 7.03. The van der Waals surface area contributed by atoms with Crippen molar-refractivity contribution in [3.63, 3.8) is 0 Å². The van der Waals surface area contributed by atoms with Crippen molar-refractivity contribution in [1.82, 2.24) is 0 Å². The van der Waals surface area contributed by atoms with Gasteiger partial charge in [-0.25, -0.2) is 0 Å². The Morgan fingerprint density at radius 2 is 2.10 bits per heavy atom. The lowest BCUT2D eigenvalue weighted by Crippen LogP contribution is -2.35. The first-order chi connectivity index (χ1) is 9.80. The molecule has 2 rings (SSSR count). The zero-order chi connectivity index (χ0) is 15.6. The van der Waals surface area contributed by atoms with E-state index in [9.17, 15) is 4.79 Å². The third kappa shape index (κ3) is 3.90. The molecule has 1 aliphatic rings. The van der Waals surface area contributed by atoms with Crippen molar-refractivity contribution in [3.05, 3.63) is 23.8 Å². The number of nitrogens with two attached hydrogens (primary N) is 1. The molecule has 1 fully saturated rings. The lowest BCUT2D eigenvalue weighted by molar-refractivity contribution is 0.1000. The van der Waals surface area contributed by atoms with Gasteiger partial charge in [0.2, 0.25) is 5.91 Å². The first-order valence-electron chi connectivity index (χ1n) is 7.55. The second kappa shape index (κ2) is 5.96. The van der Waals surface area contributed by atoms with E-state index in [0.717, 1.165) is 24.3 Å². The molecule has 2 unspecified atom stereocenters. The van der Waals surface area contributed by atoms with Crippen molar-refractivity contribution in [1.29, 1.82) is 0 Å². The van der Waals surface area contributed by atoms with E-state index in [1.165, 1.54) is 6.42 Å². The summed E-state index contributed by atoms with van der Waals surface area (Å²) in [6, 6.07) is 5.66. The van der Waals surface area contributed by atoms with Crippen LogP contribution < -0.4 is 15.8 Å². The van der Waals surface area contributed by atoms with E-state index in [1.807, 2.05) is 0 Å². The quantitative estimate of drug-likeness (QED) is 0.893. The van der Waals surface area contributed by atoms with Crippen LogP contribution >= 0.6 is 0 Å². The Morgan fingerprint density at radius 1 is 1.38 bits per heavy atom. The molecule has 0 saturated heterocycles. The monoisotopic (exact) mass is 290 g/mol. The molecule has 0 spiro atoms. The van der Waals surface area contributed by atoms with Gasteiger partial charge in [-0.1, -0.05) is 20.8 Å². The fourth-order valence-electron chi connectivity index (χ4n) is 3.65. The van der Waals surface area contributed by atoms with Gasteiger partial charge in [-0.05, 0) is 48.8 Å². The number of hydrogen-bond acceptors (Lipinski definition) is 3. The van der Waals surface area contributed by atoms with Crippen LogP contribution in [0, 0.1) is 11.3 Å². The Balaban J connectivity index is 2.21. The summed E-state index contributed by atoms with van der Waals surface area (Å²) in [4.78, 5) is 11.4. The number of hydrogen-bond donors (Lipinski definition) is 2. The van der Waals surface area contributed by atoms with E-state index in [0.29, 0.717) is 22.9 Å². The third-order valence-corrected chi connectivity index (χ3v) is 4.23. The minimum Gasteiger partial charge on any atom is -0.495 e. The summed E-state index contributed by atoms with van der Waals surface area (Å²) in [5.41, 5.74) is 7.05. The van der Waals surface area contributed by atoms with Crippen LogP contribution in [0.1, 0.15) is 50.4 Å². The Bertz CT molecular complexity index is 526. The van der Waals surface area contributed by atoms with Crippen molar-refractivity contribution < 1.29 is 9.53 Å². The molecule has 4 nitrogen and oxygen atoms in total. The molecule has 0 aromatic heterocycles.